The molecule has 0 saturated carbocycles. The first-order valence-corrected chi connectivity index (χ1v) is 17.6. The van der Waals surface area contributed by atoms with Crippen LogP contribution in [-0.2, 0) is 13.7 Å². The molecule has 0 aliphatic carbocycles. The molecule has 0 radical (unpaired) electrons. The first kappa shape index (κ1) is 37.6. The number of halogens is 9. The Kier molecular flexibility index (Phi) is 10.6. The molecule has 0 saturated heterocycles. The third kappa shape index (κ3) is 6.66. The Morgan fingerprint density at radius 3 is 1.40 bits per heavy atom. The van der Waals surface area contributed by atoms with E-state index in [9.17, 15) is 39.2 Å². The van der Waals surface area contributed by atoms with Crippen molar-refractivity contribution in [1.29, 1.82) is 0 Å². The molecule has 3 aromatic carbocycles. The molecule has 262 valence electrons. The van der Waals surface area contributed by atoms with Crippen molar-refractivity contribution >= 4 is 43.5 Å². The summed E-state index contributed by atoms with van der Waals surface area (Å²) in [6.07, 6.45) is -7.26. The van der Waals surface area contributed by atoms with E-state index in [2.05, 4.69) is 0 Å². The normalized spacial score (nSPS) is 13.7. The molecular formula is C29H23F9O6S4. The first-order chi connectivity index (χ1) is 22.3. The summed E-state index contributed by atoms with van der Waals surface area (Å²) < 4.78 is 173. The van der Waals surface area contributed by atoms with Crippen LogP contribution in [0.15, 0.2) is 108 Å². The highest BCUT2D eigenvalue weighted by Crippen LogP contribution is 2.73. The predicted molar refractivity (Wildman–Crippen MR) is 161 cm³/mol. The smallest absolute Gasteiger partial charge is 0.460 e. The van der Waals surface area contributed by atoms with Crippen LogP contribution in [-0.4, -0.2) is 53.0 Å². The van der Waals surface area contributed by atoms with Crippen molar-refractivity contribution in [3.05, 3.63) is 84.9 Å². The number of hydrogen-bond acceptors (Lipinski definition) is 8. The zero-order valence-electron chi connectivity index (χ0n) is 24.6. The van der Waals surface area contributed by atoms with Crippen molar-refractivity contribution < 1.29 is 65.8 Å². The van der Waals surface area contributed by atoms with E-state index in [0.717, 1.165) is 47.4 Å². The minimum atomic E-state index is -7.51. The Morgan fingerprint density at radius 2 is 1.00 bits per heavy atom. The number of ether oxygens (including phenoxy) is 3. The summed E-state index contributed by atoms with van der Waals surface area (Å²) in [5.74, 6) is -14.1. The number of methoxy groups -OCH3 is 3. The van der Waals surface area contributed by atoms with Crippen molar-refractivity contribution in [3.8, 4) is 17.2 Å². The first-order valence-electron chi connectivity index (χ1n) is 13.0. The molecule has 19 heteroatoms. The van der Waals surface area contributed by atoms with Gasteiger partial charge in [-0.25, -0.2) is 3.63 Å². The van der Waals surface area contributed by atoms with E-state index >= 15 is 8.78 Å². The zero-order valence-corrected chi connectivity index (χ0v) is 27.8. The lowest BCUT2D eigenvalue weighted by Gasteiger charge is -2.40. The Bertz CT molecular complexity index is 1760. The molecule has 1 aromatic heterocycles. The van der Waals surface area contributed by atoms with Gasteiger partial charge in [-0.2, -0.15) is 47.9 Å². The molecule has 0 spiro atoms. The zero-order chi connectivity index (χ0) is 35.8. The van der Waals surface area contributed by atoms with Crippen LogP contribution >= 0.6 is 33.4 Å². The number of hydrogen-bond donors (Lipinski definition) is 0. The molecule has 0 unspecified atom stereocenters. The molecule has 1 heterocycles. The fraction of sp³-hybridized carbons (Fsp3) is 0.241. The van der Waals surface area contributed by atoms with E-state index in [-0.39, 0.29) is 25.5 Å². The van der Waals surface area contributed by atoms with Gasteiger partial charge in [-0.1, -0.05) is 11.8 Å². The minimum absolute atomic E-state index is 0.174. The number of benzene rings is 3. The van der Waals surface area contributed by atoms with E-state index in [0.29, 0.717) is 14.9 Å². The van der Waals surface area contributed by atoms with Gasteiger partial charge in [0.15, 0.2) is 0 Å². The Balaban J connectivity index is 1.98. The van der Waals surface area contributed by atoms with Gasteiger partial charge >= 0.3 is 33.4 Å². The van der Waals surface area contributed by atoms with E-state index in [1.54, 1.807) is 24.3 Å². The van der Waals surface area contributed by atoms with Gasteiger partial charge < -0.3 is 14.2 Å². The molecule has 0 N–H and O–H groups in total. The summed E-state index contributed by atoms with van der Waals surface area (Å²) in [5.41, 5.74) is 0. The highest BCUT2D eigenvalue weighted by atomic mass is 32.3. The van der Waals surface area contributed by atoms with E-state index in [4.69, 9.17) is 17.8 Å². The van der Waals surface area contributed by atoms with Gasteiger partial charge in [0.05, 0.1) is 29.7 Å². The summed E-state index contributed by atoms with van der Waals surface area (Å²) in [6, 6.07) is 18.9. The van der Waals surface area contributed by atoms with E-state index in [1.807, 2.05) is 0 Å². The molecule has 0 aliphatic rings. The standard InChI is InChI=1S/C29H23F9O6S4/c1-41-18-4-10-21(11-5-18)45-24-16-17-25(46-24)47(22-12-6-19(42-2)7-13-22,23-14-8-20(43-3)9-15-23)44-48(39,40)29(37,38)27(32,33)26(30,31)28(34,35)36/h4-17H,1-3H3. The summed E-state index contributed by atoms with van der Waals surface area (Å²) >= 11 is 1.90. The van der Waals surface area contributed by atoms with Crippen LogP contribution in [0.4, 0.5) is 39.5 Å². The SMILES string of the molecule is COc1ccc(Sc2ccc(S(OS(=O)(=O)C(F)(F)C(F)(F)C(F)(F)C(F)(F)F)(c3ccc(OC)cc3)c3ccc(OC)cc3)s2)cc1. The average Bonchev–Trinajstić information content (AvgIpc) is 3.52. The van der Waals surface area contributed by atoms with E-state index < -0.39 is 43.7 Å². The van der Waals surface area contributed by atoms with E-state index in [1.165, 1.54) is 57.7 Å². The van der Waals surface area contributed by atoms with Gasteiger partial charge in [0.25, 0.3) is 0 Å². The third-order valence-electron chi connectivity index (χ3n) is 6.52. The van der Waals surface area contributed by atoms with Gasteiger partial charge in [0.2, 0.25) is 0 Å². The number of rotatable bonds is 13. The third-order valence-corrected chi connectivity index (χ3v) is 14.5. The van der Waals surface area contributed by atoms with Crippen molar-refractivity contribution in [1.82, 2.24) is 0 Å². The largest absolute Gasteiger partial charge is 0.497 e. The summed E-state index contributed by atoms with van der Waals surface area (Å²) in [6.45, 7) is 0. The molecule has 0 aliphatic heterocycles. The Morgan fingerprint density at radius 1 is 0.583 bits per heavy atom. The van der Waals surface area contributed by atoms with Crippen molar-refractivity contribution in [2.45, 2.75) is 46.4 Å². The van der Waals surface area contributed by atoms with Crippen LogP contribution < -0.4 is 14.2 Å². The molecule has 0 fully saturated rings. The summed E-state index contributed by atoms with van der Waals surface area (Å²) in [4.78, 5) is 0.135. The minimum Gasteiger partial charge on any atom is -0.497 e. The quantitative estimate of drug-likeness (QED) is 0.126. The van der Waals surface area contributed by atoms with Crippen molar-refractivity contribution in [3.63, 3.8) is 0 Å². The lowest BCUT2D eigenvalue weighted by molar-refractivity contribution is -0.382. The van der Waals surface area contributed by atoms with Gasteiger partial charge in [0.1, 0.15) is 17.2 Å². The molecule has 0 atom stereocenters. The Labute approximate surface area is 278 Å². The molecule has 6 nitrogen and oxygen atoms in total. The molecule has 4 rings (SSSR count). The van der Waals surface area contributed by atoms with Crippen molar-refractivity contribution in [2.24, 2.45) is 0 Å². The van der Waals surface area contributed by atoms with Gasteiger partial charge in [-0.15, -0.1) is 11.3 Å². The maximum atomic E-state index is 15.2. The molecular weight excluding hydrogens is 744 g/mol. The second-order valence-electron chi connectivity index (χ2n) is 9.44. The van der Waals surface area contributed by atoms with Gasteiger partial charge in [-0.05, 0) is 95.2 Å². The average molecular weight is 767 g/mol. The number of alkyl halides is 9. The van der Waals surface area contributed by atoms with Gasteiger partial charge in [-0.3, -0.25) is 0 Å². The molecule has 48 heavy (non-hydrogen) atoms. The maximum Gasteiger partial charge on any atom is 0.460 e. The number of thiophene rings is 1. The monoisotopic (exact) mass is 766 g/mol. The highest BCUT2D eigenvalue weighted by Gasteiger charge is 2.86. The summed E-state index contributed by atoms with van der Waals surface area (Å²) in [7, 11) is -7.57. The second kappa shape index (κ2) is 13.6. The fourth-order valence-electron chi connectivity index (χ4n) is 3.98. The maximum absolute atomic E-state index is 15.2. The second-order valence-corrected chi connectivity index (χ2v) is 16.6. The van der Waals surface area contributed by atoms with Crippen LogP contribution in [0.2, 0.25) is 0 Å². The molecule has 0 bridgehead atoms. The fourth-order valence-corrected chi connectivity index (χ4v) is 12.3. The van der Waals surface area contributed by atoms with Gasteiger partial charge in [0, 0.05) is 14.7 Å². The van der Waals surface area contributed by atoms with Crippen molar-refractivity contribution in [2.75, 3.05) is 21.3 Å². The lowest BCUT2D eigenvalue weighted by atomic mass is 10.1. The summed E-state index contributed by atoms with van der Waals surface area (Å²) in [5, 5.41) is -7.10. The predicted octanol–water partition coefficient (Wildman–Crippen LogP) is 9.89. The molecule has 0 amide bonds. The van der Waals surface area contributed by atoms with Crippen LogP contribution in [0.25, 0.3) is 0 Å². The van der Waals surface area contributed by atoms with Crippen LogP contribution in [0.3, 0.4) is 0 Å². The van der Waals surface area contributed by atoms with Crippen LogP contribution in [0.1, 0.15) is 0 Å². The topological polar surface area (TPSA) is 71.1 Å². The van der Waals surface area contributed by atoms with Crippen LogP contribution in [0, 0.1) is 0 Å². The Hall–Kier alpha value is -3.26. The lowest BCUT2D eigenvalue weighted by Crippen LogP contribution is -2.63. The molecule has 4 aromatic rings. The highest BCUT2D eigenvalue weighted by molar-refractivity contribution is 8.34. The van der Waals surface area contributed by atoms with Crippen LogP contribution in [0.5, 0.6) is 17.2 Å².